The van der Waals surface area contributed by atoms with E-state index in [9.17, 15) is 9.59 Å². The zero-order valence-corrected chi connectivity index (χ0v) is 14.3. The lowest BCUT2D eigenvalue weighted by atomic mass is 10.2. The van der Waals surface area contributed by atoms with Crippen LogP contribution in [0.15, 0.2) is 24.3 Å². The second-order valence-corrected chi connectivity index (χ2v) is 6.20. The molecule has 0 bridgehead atoms. The number of nitrogens with two attached hydrogens (primary N) is 1. The normalized spacial score (nSPS) is 12.0. The molecule has 0 aliphatic carbocycles. The van der Waals surface area contributed by atoms with Crippen molar-refractivity contribution in [2.45, 2.75) is 18.7 Å². The van der Waals surface area contributed by atoms with E-state index in [4.69, 9.17) is 22.1 Å². The smallest absolute Gasteiger partial charge is 0.239 e. The summed E-state index contributed by atoms with van der Waals surface area (Å²) in [5.41, 5.74) is 6.38. The van der Waals surface area contributed by atoms with Gasteiger partial charge in [-0.1, -0.05) is 23.7 Å². The van der Waals surface area contributed by atoms with E-state index >= 15 is 0 Å². The number of ether oxygens (including phenoxy) is 1. The first kappa shape index (κ1) is 18.8. The monoisotopic (exact) mass is 344 g/mol. The Bertz CT molecular complexity index is 496. The number of benzene rings is 1. The van der Waals surface area contributed by atoms with Crippen molar-refractivity contribution < 1.29 is 14.3 Å². The molecule has 0 fully saturated rings. The van der Waals surface area contributed by atoms with E-state index in [1.54, 1.807) is 14.0 Å². The number of hydrogen-bond donors (Lipinski definition) is 1. The number of amides is 2. The average Bonchev–Trinajstić information content (AvgIpc) is 2.49. The van der Waals surface area contributed by atoms with Crippen molar-refractivity contribution in [3.05, 3.63) is 34.9 Å². The van der Waals surface area contributed by atoms with E-state index in [-0.39, 0.29) is 11.7 Å². The van der Waals surface area contributed by atoms with Crippen LogP contribution in [0.25, 0.3) is 0 Å². The molecule has 1 aromatic rings. The molecule has 2 amide bonds. The predicted octanol–water partition coefficient (Wildman–Crippen LogP) is 1.92. The fraction of sp³-hybridized carbons (Fsp3) is 0.467. The van der Waals surface area contributed by atoms with Crippen LogP contribution >= 0.6 is 23.4 Å². The van der Waals surface area contributed by atoms with Gasteiger partial charge in [0.05, 0.1) is 12.4 Å². The molecule has 0 saturated carbocycles. The molecule has 0 unspecified atom stereocenters. The highest BCUT2D eigenvalue weighted by atomic mass is 35.5. The van der Waals surface area contributed by atoms with Crippen molar-refractivity contribution >= 4 is 35.2 Å². The third-order valence-electron chi connectivity index (χ3n) is 3.14. The number of halogens is 1. The summed E-state index contributed by atoms with van der Waals surface area (Å²) in [5.74, 6) is 0.338. The van der Waals surface area contributed by atoms with Gasteiger partial charge in [0.2, 0.25) is 11.8 Å². The number of hydrogen-bond acceptors (Lipinski definition) is 4. The molecule has 1 rings (SSSR count). The zero-order valence-electron chi connectivity index (χ0n) is 12.8. The molecule has 0 spiro atoms. The molecule has 0 aliphatic rings. The first-order valence-corrected chi connectivity index (χ1v) is 8.39. The molecular formula is C15H21ClN2O3S. The average molecular weight is 345 g/mol. The van der Waals surface area contributed by atoms with Crippen molar-refractivity contribution in [1.29, 1.82) is 0 Å². The molecule has 0 radical (unpaired) electrons. The molecule has 2 N–H and O–H groups in total. The number of nitrogens with zero attached hydrogens (tertiary/aromatic N) is 1. The zero-order chi connectivity index (χ0) is 16.5. The summed E-state index contributed by atoms with van der Waals surface area (Å²) >= 11 is 7.31. The van der Waals surface area contributed by atoms with E-state index in [1.807, 2.05) is 24.3 Å². The first-order valence-electron chi connectivity index (χ1n) is 6.85. The Morgan fingerprint density at radius 2 is 2.00 bits per heavy atom. The number of carbonyl (C=O) groups excluding carboxylic acids is 2. The lowest BCUT2D eigenvalue weighted by Crippen LogP contribution is -2.48. The Morgan fingerprint density at radius 1 is 1.36 bits per heavy atom. The van der Waals surface area contributed by atoms with Gasteiger partial charge in [0.1, 0.15) is 6.04 Å². The predicted molar refractivity (Wildman–Crippen MR) is 89.9 cm³/mol. The van der Waals surface area contributed by atoms with Crippen LogP contribution in [0.3, 0.4) is 0 Å². The van der Waals surface area contributed by atoms with Crippen LogP contribution in [-0.2, 0) is 20.1 Å². The van der Waals surface area contributed by atoms with Crippen LogP contribution in [0.4, 0.5) is 0 Å². The fourth-order valence-electron chi connectivity index (χ4n) is 1.80. The van der Waals surface area contributed by atoms with Crippen LogP contribution in [0.2, 0.25) is 5.02 Å². The van der Waals surface area contributed by atoms with Gasteiger partial charge in [0, 0.05) is 24.4 Å². The van der Waals surface area contributed by atoms with Crippen LogP contribution in [0, 0.1) is 0 Å². The second kappa shape index (κ2) is 9.71. The molecule has 0 heterocycles. The molecule has 1 atom stereocenters. The molecular weight excluding hydrogens is 324 g/mol. The Labute approximate surface area is 140 Å². The summed E-state index contributed by atoms with van der Waals surface area (Å²) < 4.78 is 4.97. The van der Waals surface area contributed by atoms with Gasteiger partial charge in [-0.05, 0) is 24.6 Å². The number of methoxy groups -OCH3 is 1. The molecule has 0 aliphatic heterocycles. The topological polar surface area (TPSA) is 72.6 Å². The molecule has 0 aromatic heterocycles. The second-order valence-electron chi connectivity index (χ2n) is 4.78. The van der Waals surface area contributed by atoms with E-state index in [2.05, 4.69) is 0 Å². The Balaban J connectivity index is 2.51. The van der Waals surface area contributed by atoms with E-state index in [1.165, 1.54) is 16.7 Å². The van der Waals surface area contributed by atoms with Crippen LogP contribution in [0.1, 0.15) is 12.5 Å². The minimum Gasteiger partial charge on any atom is -0.383 e. The Kier molecular flexibility index (Phi) is 8.30. The largest absolute Gasteiger partial charge is 0.383 e. The minimum absolute atomic E-state index is 0.123. The minimum atomic E-state index is -0.640. The van der Waals surface area contributed by atoms with E-state index < -0.39 is 11.9 Å². The maximum Gasteiger partial charge on any atom is 0.239 e. The fourth-order valence-corrected chi connectivity index (χ4v) is 2.79. The SMILES string of the molecule is COCCN(C(=O)CSCc1ccc(Cl)cc1)[C@@H](C)C(N)=O. The summed E-state index contributed by atoms with van der Waals surface area (Å²) in [5, 5.41) is 0.686. The van der Waals surface area contributed by atoms with Crippen molar-refractivity contribution in [2.75, 3.05) is 26.0 Å². The number of rotatable bonds is 9. The number of primary amides is 1. The molecule has 1 aromatic carbocycles. The van der Waals surface area contributed by atoms with Crippen molar-refractivity contribution in [2.24, 2.45) is 5.73 Å². The maximum absolute atomic E-state index is 12.3. The highest BCUT2D eigenvalue weighted by Crippen LogP contribution is 2.16. The van der Waals surface area contributed by atoms with E-state index in [0.717, 1.165) is 5.56 Å². The van der Waals surface area contributed by atoms with Crippen LogP contribution in [-0.4, -0.2) is 48.8 Å². The number of carbonyl (C=O) groups is 2. The Morgan fingerprint density at radius 3 is 2.55 bits per heavy atom. The summed E-state index contributed by atoms with van der Waals surface area (Å²) in [7, 11) is 1.55. The Hall–Kier alpha value is -1.24. The van der Waals surface area contributed by atoms with Gasteiger partial charge in [-0.25, -0.2) is 0 Å². The first-order chi connectivity index (χ1) is 10.5. The number of thioether (sulfide) groups is 1. The highest BCUT2D eigenvalue weighted by Gasteiger charge is 2.23. The molecule has 7 heteroatoms. The van der Waals surface area contributed by atoms with Gasteiger partial charge in [0.25, 0.3) is 0 Å². The summed E-state index contributed by atoms with van der Waals surface area (Å²) in [6.45, 7) is 2.34. The highest BCUT2D eigenvalue weighted by molar-refractivity contribution is 7.99. The molecule has 22 heavy (non-hydrogen) atoms. The molecule has 0 saturated heterocycles. The van der Waals surface area contributed by atoms with Crippen LogP contribution in [0.5, 0.6) is 0 Å². The van der Waals surface area contributed by atoms with E-state index in [0.29, 0.717) is 23.9 Å². The van der Waals surface area contributed by atoms with Gasteiger partial charge in [-0.3, -0.25) is 9.59 Å². The molecule has 5 nitrogen and oxygen atoms in total. The van der Waals surface area contributed by atoms with Crippen molar-refractivity contribution in [3.63, 3.8) is 0 Å². The molecule has 122 valence electrons. The maximum atomic E-state index is 12.3. The third kappa shape index (κ3) is 6.25. The summed E-state index contributed by atoms with van der Waals surface area (Å²) in [6.07, 6.45) is 0. The van der Waals surface area contributed by atoms with Crippen molar-refractivity contribution in [1.82, 2.24) is 4.90 Å². The van der Waals surface area contributed by atoms with Crippen molar-refractivity contribution in [3.8, 4) is 0 Å². The third-order valence-corrected chi connectivity index (χ3v) is 4.38. The van der Waals surface area contributed by atoms with Gasteiger partial charge >= 0.3 is 0 Å². The standard InChI is InChI=1S/C15H21ClN2O3S/c1-11(15(17)20)18(7-8-21-2)14(19)10-22-9-12-3-5-13(16)6-4-12/h3-6,11H,7-10H2,1-2H3,(H2,17,20)/t11-/m0/s1. The lowest BCUT2D eigenvalue weighted by Gasteiger charge is -2.26. The van der Waals surface area contributed by atoms with Crippen LogP contribution < -0.4 is 5.73 Å². The van der Waals surface area contributed by atoms with Gasteiger partial charge in [-0.15, -0.1) is 11.8 Å². The quantitative estimate of drug-likeness (QED) is 0.742. The summed E-state index contributed by atoms with van der Waals surface area (Å²) in [6, 6.07) is 6.85. The lowest BCUT2D eigenvalue weighted by molar-refractivity contribution is -0.137. The van der Waals surface area contributed by atoms with Gasteiger partial charge in [-0.2, -0.15) is 0 Å². The van der Waals surface area contributed by atoms with Gasteiger partial charge in [0.15, 0.2) is 0 Å². The van der Waals surface area contributed by atoms with Gasteiger partial charge < -0.3 is 15.4 Å². The summed E-state index contributed by atoms with van der Waals surface area (Å²) in [4.78, 5) is 25.0.